The number of thiazole rings is 1. The van der Waals surface area contributed by atoms with E-state index in [1.54, 1.807) is 18.2 Å². The van der Waals surface area contributed by atoms with Crippen LogP contribution in [-0.2, 0) is 10.0 Å². The van der Waals surface area contributed by atoms with Crippen molar-refractivity contribution in [3.8, 4) is 5.75 Å². The molecule has 0 saturated heterocycles. The van der Waals surface area contributed by atoms with Gasteiger partial charge in [-0.15, -0.1) is 0 Å². The predicted molar refractivity (Wildman–Crippen MR) is 106 cm³/mol. The Morgan fingerprint density at radius 3 is 2.65 bits per heavy atom. The lowest BCUT2D eigenvalue weighted by atomic mass is 10.1. The van der Waals surface area contributed by atoms with Crippen LogP contribution in [0.5, 0.6) is 5.75 Å². The van der Waals surface area contributed by atoms with E-state index in [-0.39, 0.29) is 4.90 Å². The molecule has 1 aromatic heterocycles. The van der Waals surface area contributed by atoms with Crippen LogP contribution in [0.25, 0.3) is 21.0 Å². The molecule has 7 heteroatoms. The van der Waals surface area contributed by atoms with Gasteiger partial charge in [-0.3, -0.25) is 4.72 Å². The number of fused-ring (bicyclic) bond motifs is 2. The van der Waals surface area contributed by atoms with Crippen molar-refractivity contribution in [3.05, 3.63) is 60.7 Å². The second-order valence-electron chi connectivity index (χ2n) is 5.70. The van der Waals surface area contributed by atoms with E-state index >= 15 is 0 Å². The zero-order valence-electron chi connectivity index (χ0n) is 14.0. The molecule has 0 aliphatic heterocycles. The Kier molecular flexibility index (Phi) is 4.26. The van der Waals surface area contributed by atoms with Gasteiger partial charge in [0.2, 0.25) is 0 Å². The predicted octanol–water partition coefficient (Wildman–Crippen LogP) is 4.65. The summed E-state index contributed by atoms with van der Waals surface area (Å²) in [4.78, 5) is 4.57. The normalized spacial score (nSPS) is 11.7. The van der Waals surface area contributed by atoms with E-state index in [1.165, 1.54) is 11.3 Å². The van der Waals surface area contributed by atoms with Gasteiger partial charge in [-0.2, -0.15) is 0 Å². The zero-order chi connectivity index (χ0) is 18.1. The van der Waals surface area contributed by atoms with Crippen LogP contribution in [0.2, 0.25) is 0 Å². The van der Waals surface area contributed by atoms with Crippen molar-refractivity contribution in [3.63, 3.8) is 0 Å². The molecule has 4 aromatic rings. The molecule has 0 radical (unpaired) electrons. The summed E-state index contributed by atoms with van der Waals surface area (Å²) in [7, 11) is -3.71. The third-order valence-corrected chi connectivity index (χ3v) is 6.32. The largest absolute Gasteiger partial charge is 0.494 e. The first-order chi connectivity index (χ1) is 12.5. The average molecular weight is 384 g/mol. The van der Waals surface area contributed by atoms with Gasteiger partial charge in [0.15, 0.2) is 5.13 Å². The fourth-order valence-corrected chi connectivity index (χ4v) is 4.88. The van der Waals surface area contributed by atoms with Gasteiger partial charge in [0, 0.05) is 0 Å². The van der Waals surface area contributed by atoms with Crippen molar-refractivity contribution in [2.75, 3.05) is 11.3 Å². The van der Waals surface area contributed by atoms with Crippen LogP contribution >= 0.6 is 11.3 Å². The van der Waals surface area contributed by atoms with E-state index in [4.69, 9.17) is 4.74 Å². The molecule has 0 amide bonds. The van der Waals surface area contributed by atoms with Crippen LogP contribution in [0.3, 0.4) is 0 Å². The highest BCUT2D eigenvalue weighted by Gasteiger charge is 2.17. The molecule has 132 valence electrons. The molecule has 0 atom stereocenters. The molecular weight excluding hydrogens is 368 g/mol. The minimum Gasteiger partial charge on any atom is -0.494 e. The number of sulfonamides is 1. The lowest BCUT2D eigenvalue weighted by molar-refractivity contribution is 0.341. The second kappa shape index (κ2) is 6.59. The van der Waals surface area contributed by atoms with Crippen LogP contribution in [0.4, 0.5) is 5.13 Å². The summed E-state index contributed by atoms with van der Waals surface area (Å²) in [5.74, 6) is 0.743. The highest BCUT2D eigenvalue weighted by atomic mass is 32.2. The standard InChI is InChI=1S/C19H16N2O3S2/c1-2-24-15-8-10-17-18(12-15)25-19(20-17)21-26(22,23)16-9-7-13-5-3-4-6-14(13)11-16/h3-12H,2H2,1H3,(H,20,21). The fourth-order valence-electron chi connectivity index (χ4n) is 2.71. The number of benzene rings is 3. The molecule has 0 aliphatic rings. The average Bonchev–Trinajstić information content (AvgIpc) is 3.02. The second-order valence-corrected chi connectivity index (χ2v) is 8.41. The summed E-state index contributed by atoms with van der Waals surface area (Å²) in [6.45, 7) is 2.49. The van der Waals surface area contributed by atoms with E-state index in [0.717, 1.165) is 26.7 Å². The van der Waals surface area contributed by atoms with Crippen molar-refractivity contribution in [1.82, 2.24) is 4.98 Å². The Morgan fingerprint density at radius 2 is 1.85 bits per heavy atom. The Hall–Kier alpha value is -2.64. The van der Waals surface area contributed by atoms with Crippen LogP contribution in [0, 0.1) is 0 Å². The van der Waals surface area contributed by atoms with Crippen molar-refractivity contribution >= 4 is 47.5 Å². The number of rotatable bonds is 5. The molecule has 1 N–H and O–H groups in total. The van der Waals surface area contributed by atoms with Crippen LogP contribution in [0.1, 0.15) is 6.92 Å². The SMILES string of the molecule is CCOc1ccc2nc(NS(=O)(=O)c3ccc4ccccc4c3)sc2c1. The summed E-state index contributed by atoms with van der Waals surface area (Å²) in [6, 6.07) is 18.2. The number of hydrogen-bond acceptors (Lipinski definition) is 5. The third-order valence-electron chi connectivity index (χ3n) is 3.92. The maximum absolute atomic E-state index is 12.7. The van der Waals surface area contributed by atoms with Gasteiger partial charge in [0.05, 0.1) is 21.7 Å². The van der Waals surface area contributed by atoms with Crippen LogP contribution < -0.4 is 9.46 Å². The number of nitrogens with zero attached hydrogens (tertiary/aromatic N) is 1. The van der Waals surface area contributed by atoms with Crippen LogP contribution in [0.15, 0.2) is 65.6 Å². The lowest BCUT2D eigenvalue weighted by Crippen LogP contribution is -2.12. The summed E-state index contributed by atoms with van der Waals surface area (Å²) < 4.78 is 34.4. The molecule has 0 unspecified atom stereocenters. The van der Waals surface area contributed by atoms with Crippen LogP contribution in [-0.4, -0.2) is 20.0 Å². The van der Waals surface area contributed by atoms with Gasteiger partial charge >= 0.3 is 0 Å². The van der Waals surface area contributed by atoms with Gasteiger partial charge in [0.25, 0.3) is 10.0 Å². The summed E-state index contributed by atoms with van der Waals surface area (Å²) >= 11 is 1.28. The number of anilines is 1. The van der Waals surface area contributed by atoms with E-state index < -0.39 is 10.0 Å². The minimum absolute atomic E-state index is 0.213. The summed E-state index contributed by atoms with van der Waals surface area (Å²) in [5.41, 5.74) is 0.731. The Morgan fingerprint density at radius 1 is 1.04 bits per heavy atom. The van der Waals surface area contributed by atoms with Crippen molar-refractivity contribution in [2.24, 2.45) is 0 Å². The molecule has 1 heterocycles. The molecular formula is C19H16N2O3S2. The molecule has 4 rings (SSSR count). The highest BCUT2D eigenvalue weighted by Crippen LogP contribution is 2.31. The van der Waals surface area contributed by atoms with Gasteiger partial charge in [-0.05, 0) is 48.0 Å². The van der Waals surface area contributed by atoms with Gasteiger partial charge < -0.3 is 4.74 Å². The quantitative estimate of drug-likeness (QED) is 0.544. The van der Waals surface area contributed by atoms with Crippen molar-refractivity contribution in [1.29, 1.82) is 0 Å². The molecule has 5 nitrogen and oxygen atoms in total. The first-order valence-electron chi connectivity index (χ1n) is 8.10. The maximum atomic E-state index is 12.7. The first kappa shape index (κ1) is 16.8. The summed E-state index contributed by atoms with van der Waals surface area (Å²) in [6.07, 6.45) is 0. The molecule has 3 aromatic carbocycles. The van der Waals surface area contributed by atoms with E-state index in [2.05, 4.69) is 9.71 Å². The van der Waals surface area contributed by atoms with E-state index in [0.29, 0.717) is 11.7 Å². The van der Waals surface area contributed by atoms with Gasteiger partial charge in [0.1, 0.15) is 5.75 Å². The van der Waals surface area contributed by atoms with E-state index in [1.807, 2.05) is 49.4 Å². The van der Waals surface area contributed by atoms with Crippen molar-refractivity contribution in [2.45, 2.75) is 11.8 Å². The fraction of sp³-hybridized carbons (Fsp3) is 0.105. The third kappa shape index (κ3) is 3.23. The maximum Gasteiger partial charge on any atom is 0.263 e. The Balaban J connectivity index is 1.67. The Bertz CT molecular complexity index is 1200. The lowest BCUT2D eigenvalue weighted by Gasteiger charge is -2.06. The molecule has 0 aliphatic carbocycles. The number of aromatic nitrogens is 1. The monoisotopic (exact) mass is 384 g/mol. The first-order valence-corrected chi connectivity index (χ1v) is 10.4. The van der Waals surface area contributed by atoms with Gasteiger partial charge in [-0.1, -0.05) is 41.7 Å². The van der Waals surface area contributed by atoms with Gasteiger partial charge in [-0.25, -0.2) is 13.4 Å². The highest BCUT2D eigenvalue weighted by molar-refractivity contribution is 7.93. The number of hydrogen-bond donors (Lipinski definition) is 1. The number of ether oxygens (including phenoxy) is 1. The number of nitrogens with one attached hydrogen (secondary N) is 1. The van der Waals surface area contributed by atoms with E-state index in [9.17, 15) is 8.42 Å². The molecule has 0 bridgehead atoms. The Labute approximate surface area is 155 Å². The molecule has 0 spiro atoms. The smallest absolute Gasteiger partial charge is 0.263 e. The molecule has 26 heavy (non-hydrogen) atoms. The minimum atomic E-state index is -3.71. The zero-order valence-corrected chi connectivity index (χ0v) is 15.6. The summed E-state index contributed by atoms with van der Waals surface area (Å²) in [5, 5.41) is 2.21. The molecule has 0 saturated carbocycles. The van der Waals surface area contributed by atoms with Crippen molar-refractivity contribution < 1.29 is 13.2 Å². The molecule has 0 fully saturated rings. The topological polar surface area (TPSA) is 68.3 Å².